The molecule has 0 aromatic heterocycles. The Morgan fingerprint density at radius 2 is 2.05 bits per heavy atom. The fourth-order valence-corrected chi connectivity index (χ4v) is 2.00. The van der Waals surface area contributed by atoms with Gasteiger partial charge >= 0.3 is 5.97 Å². The summed E-state index contributed by atoms with van der Waals surface area (Å²) < 4.78 is 4.53. The van der Waals surface area contributed by atoms with Gasteiger partial charge in [-0.25, -0.2) is 0 Å². The molecule has 0 bridgehead atoms. The van der Waals surface area contributed by atoms with Crippen molar-refractivity contribution in [1.82, 2.24) is 4.90 Å². The van der Waals surface area contributed by atoms with Crippen LogP contribution in [0.25, 0.3) is 0 Å². The second-order valence-electron chi connectivity index (χ2n) is 4.62. The van der Waals surface area contributed by atoms with E-state index in [1.165, 1.54) is 7.11 Å². The monoisotopic (exact) mass is 297 g/mol. The van der Waals surface area contributed by atoms with Gasteiger partial charge in [-0.2, -0.15) is 0 Å². The number of likely N-dealkylation sites (N-methyl/N-ethyl adjacent to an activating group) is 1. The lowest BCUT2D eigenvalue weighted by atomic mass is 10.1. The Kier molecular flexibility index (Phi) is 7.09. The minimum Gasteiger partial charge on any atom is -0.469 e. The van der Waals surface area contributed by atoms with Gasteiger partial charge in [-0.05, 0) is 30.5 Å². The Hall–Kier alpha value is -1.55. The molecule has 0 aliphatic heterocycles. The van der Waals surface area contributed by atoms with Crippen LogP contribution in [-0.4, -0.2) is 37.5 Å². The van der Waals surface area contributed by atoms with E-state index < -0.39 is 0 Å². The van der Waals surface area contributed by atoms with Crippen molar-refractivity contribution in [3.63, 3.8) is 0 Å². The maximum Gasteiger partial charge on any atom is 0.305 e. The summed E-state index contributed by atoms with van der Waals surface area (Å²) in [4.78, 5) is 24.5. The summed E-state index contributed by atoms with van der Waals surface area (Å²) in [6.07, 6.45) is 1.93. The van der Waals surface area contributed by atoms with Crippen LogP contribution in [0.2, 0.25) is 5.02 Å². The highest BCUT2D eigenvalue weighted by atomic mass is 35.5. The van der Waals surface area contributed by atoms with Crippen LogP contribution < -0.4 is 0 Å². The first-order valence-electron chi connectivity index (χ1n) is 6.58. The fraction of sp³-hybridized carbons (Fsp3) is 0.467. The molecule has 1 rings (SSSR count). The molecule has 1 aromatic rings. The molecule has 1 amide bonds. The minimum atomic E-state index is -0.278. The van der Waals surface area contributed by atoms with E-state index in [2.05, 4.69) is 4.74 Å². The number of methoxy groups -OCH3 is 1. The molecule has 0 spiro atoms. The highest BCUT2D eigenvalue weighted by molar-refractivity contribution is 6.30. The van der Waals surface area contributed by atoms with Crippen molar-refractivity contribution in [1.29, 1.82) is 0 Å². The molecule has 1 aromatic carbocycles. The molecule has 0 fully saturated rings. The average Bonchev–Trinajstić information content (AvgIpc) is 2.44. The Bertz CT molecular complexity index is 462. The predicted octanol–water partition coefficient (Wildman–Crippen LogP) is 2.68. The van der Waals surface area contributed by atoms with Gasteiger partial charge in [0.2, 0.25) is 5.91 Å². The van der Waals surface area contributed by atoms with Gasteiger partial charge in [0.15, 0.2) is 0 Å². The van der Waals surface area contributed by atoms with Crippen LogP contribution in [0.3, 0.4) is 0 Å². The second kappa shape index (κ2) is 8.59. The Morgan fingerprint density at radius 3 is 2.70 bits per heavy atom. The van der Waals surface area contributed by atoms with Crippen molar-refractivity contribution in [3.05, 3.63) is 34.9 Å². The van der Waals surface area contributed by atoms with Gasteiger partial charge in [-0.15, -0.1) is 0 Å². The summed E-state index contributed by atoms with van der Waals surface area (Å²) in [6.45, 7) is 0.636. The summed E-state index contributed by atoms with van der Waals surface area (Å²) in [5.41, 5.74) is 1.10. The standard InChI is InChI=1S/C15H20ClNO3/c1-17(14(18)7-4-8-15(19)20-2)10-9-12-5-3-6-13(16)11-12/h3,5-6,11H,4,7-10H2,1-2H3. The third kappa shape index (κ3) is 6.06. The van der Waals surface area contributed by atoms with Gasteiger partial charge < -0.3 is 9.64 Å². The van der Waals surface area contributed by atoms with Crippen LogP contribution in [0.4, 0.5) is 0 Å². The summed E-state index contributed by atoms with van der Waals surface area (Å²) in [5.74, 6) is -0.240. The van der Waals surface area contributed by atoms with Gasteiger partial charge in [0.1, 0.15) is 0 Å². The maximum absolute atomic E-state index is 11.8. The second-order valence-corrected chi connectivity index (χ2v) is 5.06. The number of amides is 1. The van der Waals surface area contributed by atoms with Crippen molar-refractivity contribution in [3.8, 4) is 0 Å². The number of halogens is 1. The van der Waals surface area contributed by atoms with Gasteiger partial charge in [0, 0.05) is 31.5 Å². The molecule has 0 saturated carbocycles. The highest BCUT2D eigenvalue weighted by Crippen LogP contribution is 2.11. The van der Waals surface area contributed by atoms with Crippen LogP contribution in [0.1, 0.15) is 24.8 Å². The molecule has 0 N–H and O–H groups in total. The molecule has 5 heteroatoms. The van der Waals surface area contributed by atoms with E-state index in [0.717, 1.165) is 12.0 Å². The zero-order valence-electron chi connectivity index (χ0n) is 11.9. The molecule has 0 aliphatic rings. The van der Waals surface area contributed by atoms with Gasteiger partial charge in [0.05, 0.1) is 7.11 Å². The number of hydrogen-bond acceptors (Lipinski definition) is 3. The lowest BCUT2D eigenvalue weighted by Crippen LogP contribution is -2.28. The number of benzene rings is 1. The topological polar surface area (TPSA) is 46.6 Å². The molecule has 0 saturated heterocycles. The fourth-order valence-electron chi connectivity index (χ4n) is 1.79. The molecule has 0 radical (unpaired) electrons. The number of esters is 1. The first-order valence-corrected chi connectivity index (χ1v) is 6.96. The van der Waals surface area contributed by atoms with Crippen molar-refractivity contribution >= 4 is 23.5 Å². The van der Waals surface area contributed by atoms with Crippen molar-refractivity contribution in [2.24, 2.45) is 0 Å². The molecular weight excluding hydrogens is 278 g/mol. The first kappa shape index (κ1) is 16.5. The first-order chi connectivity index (χ1) is 9.52. The summed E-state index contributed by atoms with van der Waals surface area (Å²) >= 11 is 5.91. The van der Waals surface area contributed by atoms with Crippen molar-refractivity contribution in [2.45, 2.75) is 25.7 Å². The SMILES string of the molecule is COC(=O)CCCC(=O)N(C)CCc1cccc(Cl)c1. The van der Waals surface area contributed by atoms with Gasteiger partial charge in [-0.1, -0.05) is 23.7 Å². The van der Waals surface area contributed by atoms with Crippen LogP contribution in [0, 0.1) is 0 Å². The number of carbonyl (C=O) groups is 2. The lowest BCUT2D eigenvalue weighted by Gasteiger charge is -2.17. The molecule has 0 aliphatic carbocycles. The normalized spacial score (nSPS) is 10.2. The molecule has 110 valence electrons. The van der Waals surface area contributed by atoms with E-state index in [9.17, 15) is 9.59 Å². The van der Waals surface area contributed by atoms with Gasteiger partial charge in [-0.3, -0.25) is 9.59 Å². The molecule has 20 heavy (non-hydrogen) atoms. The maximum atomic E-state index is 11.8. The number of nitrogens with zero attached hydrogens (tertiary/aromatic N) is 1. The number of carbonyl (C=O) groups excluding carboxylic acids is 2. The average molecular weight is 298 g/mol. The summed E-state index contributed by atoms with van der Waals surface area (Å²) in [6, 6.07) is 7.61. The van der Waals surface area contributed by atoms with Crippen LogP contribution in [0.5, 0.6) is 0 Å². The molecule has 0 unspecified atom stereocenters. The third-order valence-electron chi connectivity index (χ3n) is 3.05. The Balaban J connectivity index is 2.29. The number of rotatable bonds is 7. The Labute approximate surface area is 124 Å². The minimum absolute atomic E-state index is 0.0379. The molecule has 0 atom stereocenters. The van der Waals surface area contributed by atoms with E-state index in [4.69, 9.17) is 11.6 Å². The largest absolute Gasteiger partial charge is 0.469 e. The van der Waals surface area contributed by atoms with E-state index in [0.29, 0.717) is 24.4 Å². The van der Waals surface area contributed by atoms with E-state index in [1.807, 2.05) is 24.3 Å². The highest BCUT2D eigenvalue weighted by Gasteiger charge is 2.10. The number of ether oxygens (including phenoxy) is 1. The Morgan fingerprint density at radius 1 is 1.30 bits per heavy atom. The zero-order valence-corrected chi connectivity index (χ0v) is 12.7. The quantitative estimate of drug-likeness (QED) is 0.727. The lowest BCUT2D eigenvalue weighted by molar-refractivity contribution is -0.140. The van der Waals surface area contributed by atoms with Crippen LogP contribution >= 0.6 is 11.6 Å². The van der Waals surface area contributed by atoms with Gasteiger partial charge in [0.25, 0.3) is 0 Å². The molecule has 0 heterocycles. The number of hydrogen-bond donors (Lipinski definition) is 0. The zero-order chi connectivity index (χ0) is 15.0. The summed E-state index contributed by atoms with van der Waals surface area (Å²) in [5, 5.41) is 0.703. The summed E-state index contributed by atoms with van der Waals surface area (Å²) in [7, 11) is 3.12. The smallest absolute Gasteiger partial charge is 0.305 e. The van der Waals surface area contributed by atoms with Crippen molar-refractivity contribution < 1.29 is 14.3 Å². The van der Waals surface area contributed by atoms with E-state index >= 15 is 0 Å². The predicted molar refractivity (Wildman–Crippen MR) is 78.7 cm³/mol. The molecule has 4 nitrogen and oxygen atoms in total. The van der Waals surface area contributed by atoms with Crippen LogP contribution in [-0.2, 0) is 20.7 Å². The third-order valence-corrected chi connectivity index (χ3v) is 3.28. The van der Waals surface area contributed by atoms with Crippen LogP contribution in [0.15, 0.2) is 24.3 Å². The van der Waals surface area contributed by atoms with Crippen molar-refractivity contribution in [2.75, 3.05) is 20.7 Å². The van der Waals surface area contributed by atoms with E-state index in [1.54, 1.807) is 11.9 Å². The molecular formula is C15H20ClNO3. The van der Waals surface area contributed by atoms with E-state index in [-0.39, 0.29) is 18.3 Å².